The van der Waals surface area contributed by atoms with E-state index in [0.717, 1.165) is 11.3 Å². The number of aliphatic hydroxyl groups excluding tert-OH is 1. The minimum absolute atomic E-state index is 0.225. The molecule has 0 bridgehead atoms. The third kappa shape index (κ3) is 2.61. The van der Waals surface area contributed by atoms with Crippen LogP contribution < -0.4 is 5.69 Å². The van der Waals surface area contributed by atoms with E-state index in [1.165, 1.54) is 15.6 Å². The van der Waals surface area contributed by atoms with Crippen LogP contribution in [0.4, 0.5) is 0 Å². The summed E-state index contributed by atoms with van der Waals surface area (Å²) in [5, 5.41) is 13.8. The first kappa shape index (κ1) is 13.5. The molecule has 1 aromatic heterocycles. The Morgan fingerprint density at radius 2 is 1.95 bits per heavy atom. The van der Waals surface area contributed by atoms with E-state index in [-0.39, 0.29) is 11.7 Å². The first-order chi connectivity index (χ1) is 9.04. The Bertz CT molecular complexity index is 596. The lowest BCUT2D eigenvalue weighted by molar-refractivity contribution is 0.118. The van der Waals surface area contributed by atoms with Crippen molar-refractivity contribution in [3.63, 3.8) is 0 Å². The predicted molar refractivity (Wildman–Crippen MR) is 73.6 cm³/mol. The number of aryl methyl sites for hydroxylation is 1. The average molecular weight is 261 g/mol. The second-order valence-corrected chi connectivity index (χ2v) is 4.78. The van der Waals surface area contributed by atoms with Gasteiger partial charge in [-0.2, -0.15) is 5.10 Å². The number of hydrogen-bond donors (Lipinski definition) is 1. The lowest BCUT2D eigenvalue weighted by Crippen LogP contribution is -2.32. The van der Waals surface area contributed by atoms with E-state index in [1.54, 1.807) is 6.92 Å². The van der Waals surface area contributed by atoms with Crippen LogP contribution in [0.3, 0.4) is 0 Å². The van der Waals surface area contributed by atoms with Crippen molar-refractivity contribution in [3.05, 3.63) is 46.6 Å². The molecule has 0 unspecified atom stereocenters. The quantitative estimate of drug-likeness (QED) is 0.910. The average Bonchev–Trinajstić information content (AvgIpc) is 2.73. The van der Waals surface area contributed by atoms with Crippen molar-refractivity contribution < 1.29 is 5.11 Å². The van der Waals surface area contributed by atoms with Crippen LogP contribution in [0.1, 0.15) is 31.9 Å². The van der Waals surface area contributed by atoms with Crippen molar-refractivity contribution in [2.45, 2.75) is 39.3 Å². The van der Waals surface area contributed by atoms with Crippen molar-refractivity contribution in [3.8, 4) is 5.69 Å². The van der Waals surface area contributed by atoms with Crippen LogP contribution in [0.25, 0.3) is 5.69 Å². The van der Waals surface area contributed by atoms with Gasteiger partial charge in [-0.15, -0.1) is 0 Å². The highest BCUT2D eigenvalue weighted by molar-refractivity contribution is 5.33. The van der Waals surface area contributed by atoms with Gasteiger partial charge < -0.3 is 5.11 Å². The molecule has 0 fully saturated rings. The summed E-state index contributed by atoms with van der Waals surface area (Å²) in [5.74, 6) is 0. The van der Waals surface area contributed by atoms with E-state index < -0.39 is 6.10 Å². The third-order valence-electron chi connectivity index (χ3n) is 3.29. The Morgan fingerprint density at radius 1 is 1.32 bits per heavy atom. The molecule has 0 saturated heterocycles. The molecule has 19 heavy (non-hydrogen) atoms. The molecule has 0 radical (unpaired) electrons. The van der Waals surface area contributed by atoms with Crippen LogP contribution in [0.5, 0.6) is 0 Å². The van der Waals surface area contributed by atoms with Gasteiger partial charge in [-0.1, -0.05) is 24.6 Å². The van der Waals surface area contributed by atoms with E-state index >= 15 is 0 Å². The highest BCUT2D eigenvalue weighted by atomic mass is 16.3. The fourth-order valence-corrected chi connectivity index (χ4v) is 2.14. The summed E-state index contributed by atoms with van der Waals surface area (Å²) in [6, 6.07) is 7.37. The molecule has 0 aliphatic rings. The minimum Gasteiger partial charge on any atom is -0.391 e. The lowest BCUT2D eigenvalue weighted by atomic mass is 10.1. The second kappa shape index (κ2) is 5.40. The lowest BCUT2D eigenvalue weighted by Gasteiger charge is -2.16. The van der Waals surface area contributed by atoms with Gasteiger partial charge in [0.2, 0.25) is 0 Å². The molecular weight excluding hydrogens is 242 g/mol. The fourth-order valence-electron chi connectivity index (χ4n) is 2.14. The zero-order valence-electron chi connectivity index (χ0n) is 11.4. The molecule has 2 rings (SSSR count). The van der Waals surface area contributed by atoms with E-state index in [1.807, 2.05) is 38.1 Å². The Hall–Kier alpha value is -1.88. The molecule has 102 valence electrons. The number of aliphatic hydroxyl groups is 1. The number of nitrogens with zero attached hydrogens (tertiary/aromatic N) is 3. The topological polar surface area (TPSA) is 60.0 Å². The molecule has 0 spiro atoms. The standard InChI is InChI=1S/C14H19N3O2/c1-4-13(11(3)18)17-14(19)16(9-15-17)12-7-5-10(2)6-8-12/h5-9,11,13,18H,4H2,1-3H3/t11-,13-/m0/s1. The normalized spacial score (nSPS) is 14.3. The molecule has 1 aromatic carbocycles. The summed E-state index contributed by atoms with van der Waals surface area (Å²) in [6.07, 6.45) is 1.55. The van der Waals surface area contributed by atoms with Crippen molar-refractivity contribution in [1.29, 1.82) is 0 Å². The Morgan fingerprint density at radius 3 is 2.47 bits per heavy atom. The maximum Gasteiger partial charge on any atom is 0.350 e. The van der Waals surface area contributed by atoms with Gasteiger partial charge >= 0.3 is 5.69 Å². The van der Waals surface area contributed by atoms with Crippen LogP contribution in [-0.2, 0) is 0 Å². The summed E-state index contributed by atoms with van der Waals surface area (Å²) in [5.41, 5.74) is 1.69. The first-order valence-electron chi connectivity index (χ1n) is 6.46. The molecule has 0 aliphatic carbocycles. The summed E-state index contributed by atoms with van der Waals surface area (Å²) >= 11 is 0. The van der Waals surface area contributed by atoms with Crippen LogP contribution in [0, 0.1) is 6.92 Å². The zero-order valence-corrected chi connectivity index (χ0v) is 11.4. The first-order valence-corrected chi connectivity index (χ1v) is 6.46. The van der Waals surface area contributed by atoms with Gasteiger partial charge in [0.05, 0.1) is 17.8 Å². The minimum atomic E-state index is -0.607. The van der Waals surface area contributed by atoms with Gasteiger partial charge in [0.25, 0.3) is 0 Å². The van der Waals surface area contributed by atoms with E-state index in [0.29, 0.717) is 6.42 Å². The second-order valence-electron chi connectivity index (χ2n) is 4.78. The predicted octanol–water partition coefficient (Wildman–Crippen LogP) is 1.67. The zero-order chi connectivity index (χ0) is 14.0. The maximum absolute atomic E-state index is 12.3. The van der Waals surface area contributed by atoms with Gasteiger partial charge in [0.15, 0.2) is 0 Å². The molecule has 1 heterocycles. The summed E-state index contributed by atoms with van der Waals surface area (Å²) in [7, 11) is 0. The molecule has 5 heteroatoms. The number of hydrogen-bond acceptors (Lipinski definition) is 3. The van der Waals surface area contributed by atoms with Crippen LogP contribution in [0.15, 0.2) is 35.4 Å². The van der Waals surface area contributed by atoms with Gasteiger partial charge in [-0.3, -0.25) is 0 Å². The highest BCUT2D eigenvalue weighted by Gasteiger charge is 2.19. The number of rotatable bonds is 4. The van der Waals surface area contributed by atoms with Crippen LogP contribution >= 0.6 is 0 Å². The number of benzene rings is 1. The van der Waals surface area contributed by atoms with E-state index in [2.05, 4.69) is 5.10 Å². The van der Waals surface area contributed by atoms with Crippen molar-refractivity contribution in [2.24, 2.45) is 0 Å². The maximum atomic E-state index is 12.3. The summed E-state index contributed by atoms with van der Waals surface area (Å²) in [4.78, 5) is 12.3. The van der Waals surface area contributed by atoms with Crippen molar-refractivity contribution in [1.82, 2.24) is 14.3 Å². The molecule has 5 nitrogen and oxygen atoms in total. The fraction of sp³-hybridized carbons (Fsp3) is 0.429. The molecule has 0 amide bonds. The van der Waals surface area contributed by atoms with Crippen molar-refractivity contribution in [2.75, 3.05) is 0 Å². The smallest absolute Gasteiger partial charge is 0.350 e. The third-order valence-corrected chi connectivity index (χ3v) is 3.29. The van der Waals surface area contributed by atoms with Crippen LogP contribution in [-0.4, -0.2) is 25.6 Å². The summed E-state index contributed by atoms with van der Waals surface area (Å²) < 4.78 is 2.84. The van der Waals surface area contributed by atoms with Gasteiger partial charge in [0.1, 0.15) is 6.33 Å². The molecular formula is C14H19N3O2. The SMILES string of the molecule is CC[C@@H]([C@H](C)O)n1ncn(-c2ccc(C)cc2)c1=O. The van der Waals surface area contributed by atoms with E-state index in [4.69, 9.17) is 0 Å². The Balaban J connectivity index is 2.43. The highest BCUT2D eigenvalue weighted by Crippen LogP contribution is 2.13. The Labute approximate surface area is 112 Å². The largest absolute Gasteiger partial charge is 0.391 e. The molecule has 0 saturated carbocycles. The molecule has 1 N–H and O–H groups in total. The summed E-state index contributed by atoms with van der Waals surface area (Å²) in [6.45, 7) is 5.59. The Kier molecular flexibility index (Phi) is 3.85. The van der Waals surface area contributed by atoms with Gasteiger partial charge in [0, 0.05) is 0 Å². The molecule has 2 atom stereocenters. The van der Waals surface area contributed by atoms with Crippen molar-refractivity contribution >= 4 is 0 Å². The monoisotopic (exact) mass is 261 g/mol. The van der Waals surface area contributed by atoms with Crippen LogP contribution in [0.2, 0.25) is 0 Å². The van der Waals surface area contributed by atoms with Gasteiger partial charge in [-0.25, -0.2) is 14.0 Å². The van der Waals surface area contributed by atoms with Gasteiger partial charge in [-0.05, 0) is 32.4 Å². The number of aromatic nitrogens is 3. The molecule has 0 aliphatic heterocycles. The van der Waals surface area contributed by atoms with E-state index in [9.17, 15) is 9.90 Å². The molecule has 2 aromatic rings.